The van der Waals surface area contributed by atoms with Crippen molar-refractivity contribution >= 4 is 6.08 Å². The highest BCUT2D eigenvalue weighted by molar-refractivity contribution is 5.57. The molecule has 0 aromatic heterocycles. The topological polar surface area (TPSA) is 15.3 Å². The van der Waals surface area contributed by atoms with Crippen molar-refractivity contribution in [2.45, 2.75) is 56.9 Å². The molecule has 2 heteroatoms. The highest BCUT2D eigenvalue weighted by Crippen LogP contribution is 2.30. The summed E-state index contributed by atoms with van der Waals surface area (Å²) in [6.45, 7) is 10.3. The SMILES string of the molecule is C=CN(CCC(=C)NC1CCCCC1)CC1CC=Cc2ccccc21. The number of hydrogen-bond acceptors (Lipinski definition) is 2. The van der Waals surface area contributed by atoms with Crippen LogP contribution < -0.4 is 5.32 Å². The predicted octanol–water partition coefficient (Wildman–Crippen LogP) is 5.46. The van der Waals surface area contributed by atoms with Gasteiger partial charge in [0.2, 0.25) is 0 Å². The fourth-order valence-electron chi connectivity index (χ4n) is 4.12. The van der Waals surface area contributed by atoms with Crippen molar-refractivity contribution in [1.82, 2.24) is 10.2 Å². The van der Waals surface area contributed by atoms with Gasteiger partial charge in [0.15, 0.2) is 0 Å². The number of benzene rings is 1. The Hall–Kier alpha value is -1.96. The maximum absolute atomic E-state index is 4.25. The van der Waals surface area contributed by atoms with Gasteiger partial charge in [-0.2, -0.15) is 0 Å². The van der Waals surface area contributed by atoms with E-state index < -0.39 is 0 Å². The molecule has 2 aliphatic carbocycles. The molecule has 2 nitrogen and oxygen atoms in total. The molecule has 1 unspecified atom stereocenters. The molecule has 3 rings (SSSR count). The van der Waals surface area contributed by atoms with Gasteiger partial charge in [0, 0.05) is 37.2 Å². The second-order valence-corrected chi connectivity index (χ2v) is 7.47. The summed E-state index contributed by atoms with van der Waals surface area (Å²) in [5, 5.41) is 3.65. The minimum atomic E-state index is 0.554. The molecule has 1 aromatic rings. The van der Waals surface area contributed by atoms with Crippen LogP contribution in [-0.2, 0) is 0 Å². The van der Waals surface area contributed by atoms with E-state index in [0.29, 0.717) is 12.0 Å². The number of hydrogen-bond donors (Lipinski definition) is 1. The molecule has 1 atom stereocenters. The standard InChI is InChI=1S/C23H32N2/c1-3-25(17-16-19(2)24-22-13-5-4-6-14-22)18-21-12-9-11-20-10-7-8-15-23(20)21/h3,7-11,15,21-22,24H,1-2,4-6,12-14,16-18H2. The molecular formula is C23H32N2. The number of rotatable bonds is 8. The summed E-state index contributed by atoms with van der Waals surface area (Å²) in [6, 6.07) is 9.41. The molecule has 0 spiro atoms. The Morgan fingerprint density at radius 3 is 2.80 bits per heavy atom. The number of nitrogens with zero attached hydrogens (tertiary/aromatic N) is 1. The summed E-state index contributed by atoms with van der Waals surface area (Å²) in [6.07, 6.45) is 15.4. The van der Waals surface area contributed by atoms with Crippen LogP contribution in [0.5, 0.6) is 0 Å². The molecule has 2 aliphatic rings. The smallest absolute Gasteiger partial charge is 0.0258 e. The van der Waals surface area contributed by atoms with Crippen LogP contribution in [-0.4, -0.2) is 24.0 Å². The van der Waals surface area contributed by atoms with E-state index >= 15 is 0 Å². The van der Waals surface area contributed by atoms with Gasteiger partial charge in [-0.3, -0.25) is 0 Å². The van der Waals surface area contributed by atoms with Crippen LogP contribution in [0.15, 0.2) is 55.4 Å². The van der Waals surface area contributed by atoms with Gasteiger partial charge in [-0.15, -0.1) is 0 Å². The van der Waals surface area contributed by atoms with Gasteiger partial charge in [0.05, 0.1) is 0 Å². The van der Waals surface area contributed by atoms with Crippen LogP contribution in [0.1, 0.15) is 62.0 Å². The monoisotopic (exact) mass is 336 g/mol. The Morgan fingerprint density at radius 2 is 2.00 bits per heavy atom. The first-order valence-corrected chi connectivity index (χ1v) is 9.82. The molecule has 25 heavy (non-hydrogen) atoms. The molecule has 0 heterocycles. The third-order valence-corrected chi connectivity index (χ3v) is 5.58. The van der Waals surface area contributed by atoms with Crippen LogP contribution >= 0.6 is 0 Å². The van der Waals surface area contributed by atoms with Crippen molar-refractivity contribution < 1.29 is 0 Å². The van der Waals surface area contributed by atoms with E-state index in [1.54, 1.807) is 0 Å². The van der Waals surface area contributed by atoms with E-state index in [0.717, 1.165) is 25.9 Å². The van der Waals surface area contributed by atoms with Crippen molar-refractivity contribution in [2.75, 3.05) is 13.1 Å². The van der Waals surface area contributed by atoms with Crippen molar-refractivity contribution in [3.63, 3.8) is 0 Å². The molecule has 1 fully saturated rings. The van der Waals surface area contributed by atoms with Crippen LogP contribution in [0.3, 0.4) is 0 Å². The second kappa shape index (κ2) is 8.94. The molecule has 0 saturated heterocycles. The molecule has 1 aromatic carbocycles. The molecule has 1 N–H and O–H groups in total. The van der Waals surface area contributed by atoms with Crippen LogP contribution in [0.4, 0.5) is 0 Å². The fraction of sp³-hybridized carbons (Fsp3) is 0.478. The van der Waals surface area contributed by atoms with Gasteiger partial charge in [0.25, 0.3) is 0 Å². The first-order chi connectivity index (χ1) is 12.3. The third-order valence-electron chi connectivity index (χ3n) is 5.58. The lowest BCUT2D eigenvalue weighted by Gasteiger charge is -2.30. The van der Waals surface area contributed by atoms with E-state index in [2.05, 4.69) is 59.8 Å². The van der Waals surface area contributed by atoms with Gasteiger partial charge in [-0.05, 0) is 36.6 Å². The summed E-state index contributed by atoms with van der Waals surface area (Å²) in [7, 11) is 0. The average molecular weight is 337 g/mol. The number of allylic oxidation sites excluding steroid dienone is 1. The summed E-state index contributed by atoms with van der Waals surface area (Å²) >= 11 is 0. The summed E-state index contributed by atoms with van der Waals surface area (Å²) in [5.41, 5.74) is 4.02. The Labute approximate surface area is 153 Å². The lowest BCUT2D eigenvalue weighted by molar-refractivity contribution is 0.340. The zero-order valence-corrected chi connectivity index (χ0v) is 15.4. The zero-order chi connectivity index (χ0) is 17.5. The maximum atomic E-state index is 4.25. The molecule has 0 radical (unpaired) electrons. The summed E-state index contributed by atoms with van der Waals surface area (Å²) < 4.78 is 0. The van der Waals surface area contributed by atoms with Crippen molar-refractivity contribution in [1.29, 1.82) is 0 Å². The second-order valence-electron chi connectivity index (χ2n) is 7.47. The summed E-state index contributed by atoms with van der Waals surface area (Å²) in [5.74, 6) is 0.554. The largest absolute Gasteiger partial charge is 0.386 e. The molecule has 0 aliphatic heterocycles. The Bertz CT molecular complexity index is 610. The van der Waals surface area contributed by atoms with Gasteiger partial charge >= 0.3 is 0 Å². The van der Waals surface area contributed by atoms with E-state index in [1.807, 2.05) is 6.20 Å². The van der Waals surface area contributed by atoms with E-state index in [1.165, 1.54) is 48.9 Å². The quantitative estimate of drug-likeness (QED) is 0.678. The van der Waals surface area contributed by atoms with Crippen molar-refractivity contribution in [3.8, 4) is 0 Å². The first-order valence-electron chi connectivity index (χ1n) is 9.82. The average Bonchev–Trinajstić information content (AvgIpc) is 2.66. The van der Waals surface area contributed by atoms with Crippen molar-refractivity contribution in [3.05, 3.63) is 66.5 Å². The minimum absolute atomic E-state index is 0.554. The Balaban J connectivity index is 1.49. The molecular weight excluding hydrogens is 304 g/mol. The first kappa shape index (κ1) is 17.8. The van der Waals surface area contributed by atoms with E-state index in [4.69, 9.17) is 0 Å². The fourth-order valence-corrected chi connectivity index (χ4v) is 4.12. The Kier molecular flexibility index (Phi) is 6.38. The predicted molar refractivity (Wildman–Crippen MR) is 108 cm³/mol. The third kappa shape index (κ3) is 5.01. The van der Waals surface area contributed by atoms with Gasteiger partial charge in [0.1, 0.15) is 0 Å². The molecule has 1 saturated carbocycles. The summed E-state index contributed by atoms with van der Waals surface area (Å²) in [4.78, 5) is 2.36. The lowest BCUT2D eigenvalue weighted by Crippen LogP contribution is -2.32. The number of fused-ring (bicyclic) bond motifs is 1. The molecule has 0 bridgehead atoms. The van der Waals surface area contributed by atoms with Gasteiger partial charge in [-0.25, -0.2) is 0 Å². The van der Waals surface area contributed by atoms with Crippen LogP contribution in [0, 0.1) is 0 Å². The Morgan fingerprint density at radius 1 is 1.20 bits per heavy atom. The maximum Gasteiger partial charge on any atom is 0.0258 e. The van der Waals surface area contributed by atoms with Gasteiger partial charge in [-0.1, -0.05) is 68.8 Å². The van der Waals surface area contributed by atoms with Crippen molar-refractivity contribution in [2.24, 2.45) is 0 Å². The highest BCUT2D eigenvalue weighted by atomic mass is 15.1. The zero-order valence-electron chi connectivity index (χ0n) is 15.4. The molecule has 0 amide bonds. The van der Waals surface area contributed by atoms with E-state index in [9.17, 15) is 0 Å². The highest BCUT2D eigenvalue weighted by Gasteiger charge is 2.19. The lowest BCUT2D eigenvalue weighted by atomic mass is 9.87. The number of nitrogens with one attached hydrogen (secondary N) is 1. The minimum Gasteiger partial charge on any atom is -0.386 e. The normalized spacial score (nSPS) is 19.9. The van der Waals surface area contributed by atoms with Gasteiger partial charge < -0.3 is 10.2 Å². The van der Waals surface area contributed by atoms with Crippen LogP contribution in [0.2, 0.25) is 0 Å². The van der Waals surface area contributed by atoms with Crippen LogP contribution in [0.25, 0.3) is 6.08 Å². The molecule has 134 valence electrons. The van der Waals surface area contributed by atoms with E-state index in [-0.39, 0.29) is 0 Å².